The van der Waals surface area contributed by atoms with Gasteiger partial charge in [-0.25, -0.2) is 14.4 Å². The summed E-state index contributed by atoms with van der Waals surface area (Å²) in [5, 5.41) is 2.97. The van der Waals surface area contributed by atoms with Crippen molar-refractivity contribution < 1.29 is 9.13 Å². The topological polar surface area (TPSA) is 47.0 Å². The Morgan fingerprint density at radius 3 is 2.72 bits per heavy atom. The molecule has 1 aromatic carbocycles. The second-order valence-electron chi connectivity index (χ2n) is 3.56. The predicted octanol–water partition coefficient (Wildman–Crippen LogP) is 2.78. The van der Waals surface area contributed by atoms with Gasteiger partial charge in [0.25, 0.3) is 0 Å². The van der Waals surface area contributed by atoms with Crippen LogP contribution in [0.5, 0.6) is 11.8 Å². The zero-order valence-corrected chi connectivity index (χ0v) is 10.4. The van der Waals surface area contributed by atoms with Crippen molar-refractivity contribution >= 4 is 11.6 Å². The molecule has 0 aliphatic heterocycles. The van der Waals surface area contributed by atoms with Crippen LogP contribution in [-0.2, 0) is 6.54 Å². The highest BCUT2D eigenvalue weighted by molar-refractivity contribution is 6.30. The molecular weight excluding hydrogens is 257 g/mol. The summed E-state index contributed by atoms with van der Waals surface area (Å²) in [6.07, 6.45) is 3.22. The van der Waals surface area contributed by atoms with Crippen molar-refractivity contribution in [1.82, 2.24) is 15.3 Å². The molecule has 1 N–H and O–H groups in total. The highest BCUT2D eigenvalue weighted by Crippen LogP contribution is 2.26. The van der Waals surface area contributed by atoms with Crippen molar-refractivity contribution in [3.05, 3.63) is 47.0 Å². The molecule has 4 nitrogen and oxygen atoms in total. The summed E-state index contributed by atoms with van der Waals surface area (Å²) in [7, 11) is 1.83. The van der Waals surface area contributed by atoms with Gasteiger partial charge in [0.2, 0.25) is 0 Å². The van der Waals surface area contributed by atoms with Crippen LogP contribution in [0.1, 0.15) is 5.56 Å². The van der Waals surface area contributed by atoms with Gasteiger partial charge < -0.3 is 10.1 Å². The molecule has 1 aromatic heterocycles. The van der Waals surface area contributed by atoms with Gasteiger partial charge in [-0.15, -0.1) is 0 Å². The van der Waals surface area contributed by atoms with Gasteiger partial charge in [-0.2, -0.15) is 0 Å². The molecule has 0 amide bonds. The molecule has 0 radical (unpaired) electrons. The number of hydrogen-bond acceptors (Lipinski definition) is 4. The van der Waals surface area contributed by atoms with Gasteiger partial charge in [0.05, 0.1) is 5.02 Å². The van der Waals surface area contributed by atoms with Crippen molar-refractivity contribution in [1.29, 1.82) is 0 Å². The van der Waals surface area contributed by atoms with Gasteiger partial charge in [0.1, 0.15) is 0 Å². The van der Waals surface area contributed by atoms with Gasteiger partial charge in [0, 0.05) is 24.5 Å². The summed E-state index contributed by atoms with van der Waals surface area (Å²) in [6, 6.07) is 4.58. The molecule has 94 valence electrons. The number of hydrogen-bond donors (Lipinski definition) is 1. The van der Waals surface area contributed by atoms with Crippen molar-refractivity contribution in [2.75, 3.05) is 7.05 Å². The third-order valence-corrected chi connectivity index (χ3v) is 2.47. The number of ether oxygens (including phenoxy) is 1. The third kappa shape index (κ3) is 2.94. The quantitative estimate of drug-likeness (QED) is 0.925. The monoisotopic (exact) mass is 267 g/mol. The van der Waals surface area contributed by atoms with Gasteiger partial charge >= 0.3 is 6.01 Å². The average Bonchev–Trinajstić information content (AvgIpc) is 2.38. The molecule has 0 aliphatic carbocycles. The smallest absolute Gasteiger partial charge is 0.321 e. The molecular formula is C12H11ClFN3O. The van der Waals surface area contributed by atoms with E-state index in [4.69, 9.17) is 16.3 Å². The molecule has 0 saturated heterocycles. The third-order valence-electron chi connectivity index (χ3n) is 2.18. The lowest BCUT2D eigenvalue weighted by Crippen LogP contribution is -2.06. The molecule has 0 aliphatic rings. The number of benzene rings is 1. The van der Waals surface area contributed by atoms with Crippen LogP contribution in [0, 0.1) is 5.82 Å². The van der Waals surface area contributed by atoms with Gasteiger partial charge in [-0.05, 0) is 19.2 Å². The maximum Gasteiger partial charge on any atom is 0.321 e. The van der Waals surface area contributed by atoms with Crippen LogP contribution >= 0.6 is 11.6 Å². The first-order chi connectivity index (χ1) is 8.70. The summed E-state index contributed by atoms with van der Waals surface area (Å²) in [5.74, 6) is -0.620. The zero-order valence-electron chi connectivity index (χ0n) is 9.65. The number of aromatic nitrogens is 2. The Labute approximate surface area is 109 Å². The van der Waals surface area contributed by atoms with E-state index in [1.807, 2.05) is 7.05 Å². The van der Waals surface area contributed by atoms with Crippen LogP contribution in [0.3, 0.4) is 0 Å². The average molecular weight is 268 g/mol. The van der Waals surface area contributed by atoms with Crippen LogP contribution in [-0.4, -0.2) is 17.0 Å². The van der Waals surface area contributed by atoms with Crippen LogP contribution < -0.4 is 10.1 Å². The standard InChI is InChI=1S/C12H11ClFN3O/c1-15-5-8-6-16-12(17-7-8)18-10-4-2-3-9(13)11(10)14/h2-4,6-7,15H,5H2,1H3. The maximum atomic E-state index is 13.6. The molecule has 6 heteroatoms. The van der Waals surface area contributed by atoms with Crippen molar-refractivity contribution in [3.8, 4) is 11.8 Å². The molecule has 0 fully saturated rings. The molecule has 2 aromatic rings. The second-order valence-corrected chi connectivity index (χ2v) is 3.97. The van der Waals surface area contributed by atoms with E-state index < -0.39 is 5.82 Å². The van der Waals surface area contributed by atoms with E-state index >= 15 is 0 Å². The Morgan fingerprint density at radius 2 is 2.06 bits per heavy atom. The largest absolute Gasteiger partial charge is 0.421 e. The highest BCUT2D eigenvalue weighted by Gasteiger charge is 2.09. The number of nitrogens with zero attached hydrogens (tertiary/aromatic N) is 2. The molecule has 1 heterocycles. The lowest BCUT2D eigenvalue weighted by Gasteiger charge is -2.06. The van der Waals surface area contributed by atoms with Crippen LogP contribution in [0.15, 0.2) is 30.6 Å². The molecule has 2 rings (SSSR count). The Hall–Kier alpha value is -1.72. The van der Waals surface area contributed by atoms with Crippen molar-refractivity contribution in [2.24, 2.45) is 0 Å². The minimum Gasteiger partial charge on any atom is -0.421 e. The van der Waals surface area contributed by atoms with E-state index in [2.05, 4.69) is 15.3 Å². The van der Waals surface area contributed by atoms with E-state index in [1.54, 1.807) is 18.5 Å². The van der Waals surface area contributed by atoms with Gasteiger partial charge in [-0.3, -0.25) is 0 Å². The fourth-order valence-corrected chi connectivity index (χ4v) is 1.52. The summed E-state index contributed by atoms with van der Waals surface area (Å²) in [5.41, 5.74) is 0.913. The minimum atomic E-state index is -0.623. The SMILES string of the molecule is CNCc1cnc(Oc2cccc(Cl)c2F)nc1. The Morgan fingerprint density at radius 1 is 1.33 bits per heavy atom. The van der Waals surface area contributed by atoms with E-state index in [0.29, 0.717) is 6.54 Å². The molecule has 18 heavy (non-hydrogen) atoms. The second kappa shape index (κ2) is 5.75. The number of nitrogens with one attached hydrogen (secondary N) is 1. The first-order valence-corrected chi connectivity index (χ1v) is 5.66. The molecule has 0 bridgehead atoms. The first-order valence-electron chi connectivity index (χ1n) is 5.28. The molecule has 0 unspecified atom stereocenters. The fraction of sp³-hybridized carbons (Fsp3) is 0.167. The van der Waals surface area contributed by atoms with Crippen LogP contribution in [0.4, 0.5) is 4.39 Å². The summed E-state index contributed by atoms with van der Waals surface area (Å²) >= 11 is 5.64. The van der Waals surface area contributed by atoms with Gasteiger partial charge in [0.15, 0.2) is 11.6 Å². The van der Waals surface area contributed by atoms with E-state index in [0.717, 1.165) is 5.56 Å². The van der Waals surface area contributed by atoms with Gasteiger partial charge in [-0.1, -0.05) is 17.7 Å². The van der Waals surface area contributed by atoms with E-state index in [-0.39, 0.29) is 16.8 Å². The number of halogens is 2. The normalized spacial score (nSPS) is 10.4. The highest BCUT2D eigenvalue weighted by atomic mass is 35.5. The first kappa shape index (κ1) is 12.7. The zero-order chi connectivity index (χ0) is 13.0. The molecule has 0 spiro atoms. The Bertz CT molecular complexity index is 533. The van der Waals surface area contributed by atoms with Crippen molar-refractivity contribution in [3.63, 3.8) is 0 Å². The lowest BCUT2D eigenvalue weighted by atomic mass is 10.3. The molecule has 0 saturated carbocycles. The number of rotatable bonds is 4. The van der Waals surface area contributed by atoms with Crippen molar-refractivity contribution in [2.45, 2.75) is 6.54 Å². The fourth-order valence-electron chi connectivity index (χ4n) is 1.35. The summed E-state index contributed by atoms with van der Waals surface area (Å²) < 4.78 is 18.8. The Kier molecular flexibility index (Phi) is 4.07. The minimum absolute atomic E-state index is 0.000645. The van der Waals surface area contributed by atoms with Crippen LogP contribution in [0.2, 0.25) is 5.02 Å². The van der Waals surface area contributed by atoms with E-state index in [9.17, 15) is 4.39 Å². The maximum absolute atomic E-state index is 13.6. The van der Waals surface area contributed by atoms with E-state index in [1.165, 1.54) is 12.1 Å². The predicted molar refractivity (Wildman–Crippen MR) is 66.3 cm³/mol. The lowest BCUT2D eigenvalue weighted by molar-refractivity contribution is 0.410. The Balaban J connectivity index is 2.16. The molecule has 0 atom stereocenters. The summed E-state index contributed by atoms with van der Waals surface area (Å²) in [4.78, 5) is 7.96. The van der Waals surface area contributed by atoms with Crippen LogP contribution in [0.25, 0.3) is 0 Å². The summed E-state index contributed by atoms with van der Waals surface area (Å²) in [6.45, 7) is 0.659.